The van der Waals surface area contributed by atoms with Crippen LogP contribution in [-0.2, 0) is 6.54 Å². The number of aromatic carboxylic acids is 1. The fourth-order valence-corrected chi connectivity index (χ4v) is 4.25. The van der Waals surface area contributed by atoms with Gasteiger partial charge in [0, 0.05) is 5.75 Å². The summed E-state index contributed by atoms with van der Waals surface area (Å²) in [5.74, 6) is 0.733. The fraction of sp³-hybridized carbons (Fsp3) is 0.192. The Morgan fingerprint density at radius 3 is 2.38 bits per heavy atom. The van der Waals surface area contributed by atoms with Crippen molar-refractivity contribution in [1.29, 1.82) is 0 Å². The SMILES string of the molecule is CCOc1ccc(OCCSc2nc3cc(C(=O)[O-])ccc3c(=O)n2Cc2ccccc2)cc1. The van der Waals surface area contributed by atoms with E-state index in [2.05, 4.69) is 4.98 Å². The lowest BCUT2D eigenvalue weighted by molar-refractivity contribution is -0.255. The largest absolute Gasteiger partial charge is 0.545 e. The van der Waals surface area contributed by atoms with Gasteiger partial charge in [0.25, 0.3) is 5.56 Å². The maximum atomic E-state index is 13.3. The summed E-state index contributed by atoms with van der Waals surface area (Å²) in [5.41, 5.74) is 1.04. The van der Waals surface area contributed by atoms with Crippen LogP contribution in [0.25, 0.3) is 10.9 Å². The summed E-state index contributed by atoms with van der Waals surface area (Å²) in [6, 6.07) is 21.3. The number of hydrogen-bond acceptors (Lipinski definition) is 7. The van der Waals surface area contributed by atoms with Crippen molar-refractivity contribution in [3.63, 3.8) is 0 Å². The highest BCUT2D eigenvalue weighted by molar-refractivity contribution is 7.99. The molecule has 0 radical (unpaired) electrons. The van der Waals surface area contributed by atoms with Crippen LogP contribution < -0.4 is 20.1 Å². The van der Waals surface area contributed by atoms with E-state index in [1.807, 2.05) is 61.5 Å². The zero-order valence-corrected chi connectivity index (χ0v) is 19.4. The van der Waals surface area contributed by atoms with Gasteiger partial charge in [-0.15, -0.1) is 0 Å². The molecule has 1 aromatic heterocycles. The van der Waals surface area contributed by atoms with Crippen molar-refractivity contribution in [1.82, 2.24) is 9.55 Å². The molecule has 8 heteroatoms. The van der Waals surface area contributed by atoms with Crippen molar-refractivity contribution in [2.75, 3.05) is 19.0 Å². The van der Waals surface area contributed by atoms with Crippen LogP contribution >= 0.6 is 11.8 Å². The number of ether oxygens (including phenoxy) is 2. The molecule has 0 saturated carbocycles. The van der Waals surface area contributed by atoms with Gasteiger partial charge in [-0.25, -0.2) is 4.98 Å². The number of fused-ring (bicyclic) bond motifs is 1. The van der Waals surface area contributed by atoms with E-state index in [0.717, 1.165) is 17.1 Å². The van der Waals surface area contributed by atoms with Crippen LogP contribution in [-0.4, -0.2) is 34.5 Å². The van der Waals surface area contributed by atoms with Crippen LogP contribution in [0.15, 0.2) is 82.7 Å². The van der Waals surface area contributed by atoms with E-state index >= 15 is 0 Å². The number of thioether (sulfide) groups is 1. The Balaban J connectivity index is 1.56. The van der Waals surface area contributed by atoms with Gasteiger partial charge in [0.2, 0.25) is 0 Å². The van der Waals surface area contributed by atoms with Gasteiger partial charge in [-0.2, -0.15) is 0 Å². The molecule has 34 heavy (non-hydrogen) atoms. The van der Waals surface area contributed by atoms with E-state index in [1.54, 1.807) is 4.57 Å². The molecular weight excluding hydrogens is 452 g/mol. The van der Waals surface area contributed by atoms with Gasteiger partial charge in [0.1, 0.15) is 11.5 Å². The van der Waals surface area contributed by atoms with Crippen molar-refractivity contribution in [3.8, 4) is 11.5 Å². The van der Waals surface area contributed by atoms with Gasteiger partial charge >= 0.3 is 0 Å². The van der Waals surface area contributed by atoms with Crippen molar-refractivity contribution in [3.05, 3.63) is 94.3 Å². The van der Waals surface area contributed by atoms with Crippen molar-refractivity contribution in [2.45, 2.75) is 18.6 Å². The molecule has 0 fully saturated rings. The van der Waals surface area contributed by atoms with E-state index < -0.39 is 5.97 Å². The van der Waals surface area contributed by atoms with Crippen molar-refractivity contribution in [2.24, 2.45) is 0 Å². The molecule has 0 amide bonds. The summed E-state index contributed by atoms with van der Waals surface area (Å²) >= 11 is 1.38. The Hall–Kier alpha value is -3.78. The molecule has 0 N–H and O–H groups in total. The van der Waals surface area contributed by atoms with Gasteiger partial charge in [-0.1, -0.05) is 48.2 Å². The minimum atomic E-state index is -1.31. The molecule has 4 aromatic rings. The maximum Gasteiger partial charge on any atom is 0.262 e. The summed E-state index contributed by atoms with van der Waals surface area (Å²) < 4.78 is 12.9. The standard InChI is InChI=1S/C26H24N2O5S/c1-2-32-20-9-11-21(12-10-20)33-14-15-34-26-27-23-16-19(25(30)31)8-13-22(23)24(29)28(26)17-18-6-4-3-5-7-18/h3-13,16H,2,14-15,17H2,1H3,(H,30,31)/p-1. The Bertz CT molecular complexity index is 1340. The molecule has 0 aliphatic carbocycles. The van der Waals surface area contributed by atoms with Crippen LogP contribution in [0.4, 0.5) is 0 Å². The minimum absolute atomic E-state index is 0.0185. The number of nitrogens with zero attached hydrogens (tertiary/aromatic N) is 2. The zero-order valence-electron chi connectivity index (χ0n) is 18.6. The topological polar surface area (TPSA) is 93.5 Å². The van der Waals surface area contributed by atoms with Crippen LogP contribution in [0.1, 0.15) is 22.8 Å². The monoisotopic (exact) mass is 475 g/mol. The molecule has 0 spiro atoms. The molecule has 0 aliphatic heterocycles. The van der Waals surface area contributed by atoms with Crippen LogP contribution in [0.2, 0.25) is 0 Å². The second-order valence-electron chi connectivity index (χ2n) is 7.39. The first-order chi connectivity index (χ1) is 16.5. The minimum Gasteiger partial charge on any atom is -0.545 e. The molecule has 0 unspecified atom stereocenters. The first-order valence-electron chi connectivity index (χ1n) is 10.8. The molecule has 7 nitrogen and oxygen atoms in total. The Kier molecular flexibility index (Phi) is 7.49. The number of carboxylic acids is 1. The molecule has 0 atom stereocenters. The van der Waals surface area contributed by atoms with Crippen molar-refractivity contribution < 1.29 is 19.4 Å². The van der Waals surface area contributed by atoms with Gasteiger partial charge in [-0.05, 0) is 54.4 Å². The molecule has 3 aromatic carbocycles. The van der Waals surface area contributed by atoms with Gasteiger partial charge in [0.15, 0.2) is 5.16 Å². The summed E-state index contributed by atoms with van der Waals surface area (Å²) in [6.45, 7) is 3.29. The first-order valence-corrected chi connectivity index (χ1v) is 11.8. The smallest absolute Gasteiger partial charge is 0.262 e. The highest BCUT2D eigenvalue weighted by Gasteiger charge is 2.13. The molecule has 0 bridgehead atoms. The lowest BCUT2D eigenvalue weighted by Crippen LogP contribution is -2.25. The third-order valence-corrected chi connectivity index (χ3v) is 6.00. The number of benzene rings is 3. The third-order valence-electron chi connectivity index (χ3n) is 5.06. The second kappa shape index (κ2) is 10.9. The predicted octanol–water partition coefficient (Wildman–Crippen LogP) is 3.38. The summed E-state index contributed by atoms with van der Waals surface area (Å²) in [5, 5.41) is 12.1. The van der Waals surface area contributed by atoms with Crippen LogP contribution in [0.3, 0.4) is 0 Å². The molecule has 4 rings (SSSR count). The number of aromatic nitrogens is 2. The van der Waals surface area contributed by atoms with E-state index in [9.17, 15) is 14.7 Å². The quantitative estimate of drug-likeness (QED) is 0.197. The highest BCUT2D eigenvalue weighted by Crippen LogP contribution is 2.21. The number of carbonyl (C=O) groups excluding carboxylic acids is 1. The van der Waals surface area contributed by atoms with Crippen LogP contribution in [0, 0.1) is 0 Å². The highest BCUT2D eigenvalue weighted by atomic mass is 32.2. The average molecular weight is 476 g/mol. The number of carboxylic acid groups (broad SMARTS) is 1. The average Bonchev–Trinajstić information content (AvgIpc) is 2.85. The predicted molar refractivity (Wildman–Crippen MR) is 130 cm³/mol. The fourth-order valence-electron chi connectivity index (χ4n) is 3.43. The maximum absolute atomic E-state index is 13.3. The molecular formula is C26H23N2O5S-. The van der Waals surface area contributed by atoms with Gasteiger partial charge in [-0.3, -0.25) is 9.36 Å². The molecule has 0 saturated heterocycles. The zero-order chi connectivity index (χ0) is 23.9. The normalized spacial score (nSPS) is 10.9. The number of hydrogen-bond donors (Lipinski definition) is 0. The van der Waals surface area contributed by atoms with Crippen LogP contribution in [0.5, 0.6) is 11.5 Å². The molecule has 0 aliphatic rings. The number of carbonyl (C=O) groups is 1. The van der Waals surface area contributed by atoms with E-state index in [1.165, 1.54) is 30.0 Å². The third kappa shape index (κ3) is 5.58. The Labute approximate surface area is 201 Å². The second-order valence-corrected chi connectivity index (χ2v) is 8.45. The molecule has 174 valence electrons. The summed E-state index contributed by atoms with van der Waals surface area (Å²) in [7, 11) is 0. The lowest BCUT2D eigenvalue weighted by atomic mass is 10.1. The van der Waals surface area contributed by atoms with E-state index in [-0.39, 0.29) is 11.1 Å². The van der Waals surface area contributed by atoms with E-state index in [0.29, 0.717) is 41.6 Å². The summed E-state index contributed by atoms with van der Waals surface area (Å²) in [6.07, 6.45) is 0. The summed E-state index contributed by atoms with van der Waals surface area (Å²) in [4.78, 5) is 29.2. The van der Waals surface area contributed by atoms with Gasteiger partial charge < -0.3 is 19.4 Å². The van der Waals surface area contributed by atoms with Crippen molar-refractivity contribution >= 4 is 28.6 Å². The van der Waals surface area contributed by atoms with E-state index in [4.69, 9.17) is 9.47 Å². The van der Waals surface area contributed by atoms with Gasteiger partial charge in [0.05, 0.1) is 36.6 Å². The number of rotatable bonds is 10. The Morgan fingerprint density at radius 1 is 1.00 bits per heavy atom. The first kappa shape index (κ1) is 23.4. The lowest BCUT2D eigenvalue weighted by Gasteiger charge is -2.14. The molecule has 1 heterocycles. The Morgan fingerprint density at radius 2 is 1.71 bits per heavy atom.